The van der Waals surface area contributed by atoms with Crippen LogP contribution in [0.1, 0.15) is 29.6 Å². The van der Waals surface area contributed by atoms with E-state index in [4.69, 9.17) is 9.47 Å². The van der Waals surface area contributed by atoms with E-state index >= 15 is 0 Å². The number of amides is 1. The van der Waals surface area contributed by atoms with Gasteiger partial charge in [0.25, 0.3) is 15.9 Å². The molecule has 0 aromatic heterocycles. The van der Waals surface area contributed by atoms with Crippen molar-refractivity contribution in [3.63, 3.8) is 0 Å². The van der Waals surface area contributed by atoms with Gasteiger partial charge in [0.2, 0.25) is 0 Å². The van der Waals surface area contributed by atoms with Crippen molar-refractivity contribution in [1.82, 2.24) is 0 Å². The summed E-state index contributed by atoms with van der Waals surface area (Å²) in [5.41, 5.74) is 2.56. The Morgan fingerprint density at radius 3 is 2.31 bits per heavy atom. The van der Waals surface area contributed by atoms with E-state index in [0.29, 0.717) is 36.0 Å². The Morgan fingerprint density at radius 1 is 0.829 bits per heavy atom. The lowest BCUT2D eigenvalue weighted by Gasteiger charge is -2.21. The van der Waals surface area contributed by atoms with E-state index in [-0.39, 0.29) is 10.8 Å². The topological polar surface area (TPSA) is 97.0 Å². The van der Waals surface area contributed by atoms with Crippen LogP contribution < -0.4 is 24.4 Å². The van der Waals surface area contributed by atoms with Crippen LogP contribution in [0, 0.1) is 0 Å². The lowest BCUT2D eigenvalue weighted by atomic mass is 10.2. The van der Waals surface area contributed by atoms with E-state index in [1.165, 1.54) is 12.1 Å². The summed E-state index contributed by atoms with van der Waals surface area (Å²) in [6, 6.07) is 18.6. The highest BCUT2D eigenvalue weighted by Crippen LogP contribution is 2.33. The maximum absolute atomic E-state index is 12.9. The Morgan fingerprint density at radius 2 is 1.54 bits per heavy atom. The maximum atomic E-state index is 12.9. The maximum Gasteiger partial charge on any atom is 0.262 e. The average Bonchev–Trinajstić information content (AvgIpc) is 3.29. The molecule has 0 saturated carbocycles. The fourth-order valence-corrected chi connectivity index (χ4v) is 5.30. The predicted molar refractivity (Wildman–Crippen MR) is 135 cm³/mol. The molecule has 3 aromatic carbocycles. The molecule has 2 N–H and O–H groups in total. The molecule has 1 amide bonds. The van der Waals surface area contributed by atoms with Crippen LogP contribution >= 0.6 is 0 Å². The zero-order chi connectivity index (χ0) is 24.3. The van der Waals surface area contributed by atoms with E-state index in [1.54, 1.807) is 30.3 Å². The highest BCUT2D eigenvalue weighted by molar-refractivity contribution is 7.92. The Labute approximate surface area is 204 Å². The van der Waals surface area contributed by atoms with Gasteiger partial charge in [0, 0.05) is 36.8 Å². The van der Waals surface area contributed by atoms with E-state index < -0.39 is 10.0 Å². The molecule has 0 unspecified atom stereocenters. The standard InChI is InChI=1S/C26H27N3O5S/c30-26(27-22-6-1-2-7-23(22)29-14-3-4-15-29)19-8-10-20(11-9-19)28-35(31,32)21-12-13-24-25(18-21)34-17-5-16-33-24/h1-2,6-13,18,28H,3-5,14-17H2,(H,27,30). The first kappa shape index (κ1) is 23.0. The number of fused-ring (bicyclic) bond motifs is 1. The number of benzene rings is 3. The van der Waals surface area contributed by atoms with Crippen molar-refractivity contribution in [2.24, 2.45) is 0 Å². The van der Waals surface area contributed by atoms with Gasteiger partial charge in [0.05, 0.1) is 29.5 Å². The minimum absolute atomic E-state index is 0.0714. The van der Waals surface area contributed by atoms with Crippen LogP contribution in [0.4, 0.5) is 17.1 Å². The van der Waals surface area contributed by atoms with E-state index in [1.807, 2.05) is 24.3 Å². The highest BCUT2D eigenvalue weighted by Gasteiger charge is 2.20. The first-order valence-corrected chi connectivity index (χ1v) is 13.2. The summed E-state index contributed by atoms with van der Waals surface area (Å²) in [6.45, 7) is 2.95. The second-order valence-corrected chi connectivity index (χ2v) is 10.2. The molecule has 0 radical (unpaired) electrons. The number of hydrogen-bond donors (Lipinski definition) is 2. The number of carbonyl (C=O) groups excluding carboxylic acids is 1. The van der Waals surface area contributed by atoms with Gasteiger partial charge < -0.3 is 19.7 Å². The van der Waals surface area contributed by atoms with Gasteiger partial charge in [-0.1, -0.05) is 12.1 Å². The summed E-state index contributed by atoms with van der Waals surface area (Å²) in [6.07, 6.45) is 3.02. The molecule has 2 aliphatic heterocycles. The first-order chi connectivity index (χ1) is 17.0. The van der Waals surface area contributed by atoms with E-state index in [9.17, 15) is 13.2 Å². The normalized spacial score (nSPS) is 15.4. The summed E-state index contributed by atoms with van der Waals surface area (Å²) in [5, 5.41) is 2.99. The number of anilines is 3. The predicted octanol–water partition coefficient (Wildman–Crippen LogP) is 4.50. The molecule has 0 spiro atoms. The lowest BCUT2D eigenvalue weighted by Crippen LogP contribution is -2.21. The largest absolute Gasteiger partial charge is 0.490 e. The fourth-order valence-electron chi connectivity index (χ4n) is 4.22. The number of carbonyl (C=O) groups is 1. The van der Waals surface area contributed by atoms with Crippen LogP contribution in [-0.4, -0.2) is 40.6 Å². The first-order valence-electron chi connectivity index (χ1n) is 11.7. The minimum atomic E-state index is -3.85. The molecule has 5 rings (SSSR count). The molecule has 3 aromatic rings. The third-order valence-electron chi connectivity index (χ3n) is 6.03. The van der Waals surface area contributed by atoms with Gasteiger partial charge in [-0.2, -0.15) is 0 Å². The second kappa shape index (κ2) is 9.87. The average molecular weight is 494 g/mol. The van der Waals surface area contributed by atoms with Crippen molar-refractivity contribution >= 4 is 33.0 Å². The Balaban J connectivity index is 1.28. The van der Waals surface area contributed by atoms with Crippen LogP contribution in [0.3, 0.4) is 0 Å². The van der Waals surface area contributed by atoms with Crippen molar-refractivity contribution in [2.45, 2.75) is 24.2 Å². The SMILES string of the molecule is O=C(Nc1ccccc1N1CCCC1)c1ccc(NS(=O)(=O)c2ccc3c(c2)OCCCO3)cc1. The number of nitrogens with one attached hydrogen (secondary N) is 2. The van der Waals surface area contributed by atoms with Gasteiger partial charge in [-0.05, 0) is 61.4 Å². The van der Waals surface area contributed by atoms with Crippen molar-refractivity contribution < 1.29 is 22.7 Å². The van der Waals surface area contributed by atoms with Gasteiger partial charge in [-0.15, -0.1) is 0 Å². The molecule has 2 aliphatic rings. The molecular weight excluding hydrogens is 466 g/mol. The lowest BCUT2D eigenvalue weighted by molar-refractivity contribution is 0.102. The number of hydrogen-bond acceptors (Lipinski definition) is 6. The summed E-state index contributed by atoms with van der Waals surface area (Å²) < 4.78 is 39.5. The summed E-state index contributed by atoms with van der Waals surface area (Å²) in [5.74, 6) is 0.684. The molecule has 0 bridgehead atoms. The molecule has 1 fully saturated rings. The summed E-state index contributed by atoms with van der Waals surface area (Å²) in [4.78, 5) is 15.2. The molecule has 1 saturated heterocycles. The number of ether oxygens (including phenoxy) is 2. The van der Waals surface area contributed by atoms with Gasteiger partial charge in [-0.3, -0.25) is 9.52 Å². The number of sulfonamides is 1. The molecule has 2 heterocycles. The fraction of sp³-hybridized carbons (Fsp3) is 0.269. The molecule has 0 aliphatic carbocycles. The molecule has 9 heteroatoms. The highest BCUT2D eigenvalue weighted by atomic mass is 32.2. The van der Waals surface area contributed by atoms with Gasteiger partial charge in [-0.25, -0.2) is 8.42 Å². The molecule has 35 heavy (non-hydrogen) atoms. The van der Waals surface area contributed by atoms with Gasteiger partial charge >= 0.3 is 0 Å². The van der Waals surface area contributed by atoms with E-state index in [0.717, 1.165) is 43.7 Å². The van der Waals surface area contributed by atoms with Crippen LogP contribution in [0.25, 0.3) is 0 Å². The van der Waals surface area contributed by atoms with Crippen molar-refractivity contribution in [2.75, 3.05) is 41.2 Å². The smallest absolute Gasteiger partial charge is 0.262 e. The van der Waals surface area contributed by atoms with Crippen LogP contribution in [0.2, 0.25) is 0 Å². The number of nitrogens with zero attached hydrogens (tertiary/aromatic N) is 1. The van der Waals surface area contributed by atoms with Crippen LogP contribution in [0.5, 0.6) is 11.5 Å². The monoisotopic (exact) mass is 493 g/mol. The molecular formula is C26H27N3O5S. The van der Waals surface area contributed by atoms with Gasteiger partial charge in [0.1, 0.15) is 0 Å². The van der Waals surface area contributed by atoms with Crippen molar-refractivity contribution in [3.8, 4) is 11.5 Å². The second-order valence-electron chi connectivity index (χ2n) is 8.51. The van der Waals surface area contributed by atoms with Crippen molar-refractivity contribution in [1.29, 1.82) is 0 Å². The molecule has 182 valence electrons. The summed E-state index contributed by atoms with van der Waals surface area (Å²) >= 11 is 0. The zero-order valence-corrected chi connectivity index (χ0v) is 20.0. The van der Waals surface area contributed by atoms with Crippen LogP contribution in [-0.2, 0) is 10.0 Å². The molecule has 8 nitrogen and oxygen atoms in total. The third-order valence-corrected chi connectivity index (χ3v) is 7.41. The zero-order valence-electron chi connectivity index (χ0n) is 19.2. The minimum Gasteiger partial charge on any atom is -0.490 e. The Kier molecular flexibility index (Phi) is 6.50. The number of rotatable bonds is 6. The Hall–Kier alpha value is -3.72. The van der Waals surface area contributed by atoms with Crippen molar-refractivity contribution in [3.05, 3.63) is 72.3 Å². The Bertz CT molecular complexity index is 1320. The number of para-hydroxylation sites is 2. The van der Waals surface area contributed by atoms with Gasteiger partial charge in [0.15, 0.2) is 11.5 Å². The quantitative estimate of drug-likeness (QED) is 0.525. The van der Waals surface area contributed by atoms with Crippen LogP contribution in [0.15, 0.2) is 71.6 Å². The summed E-state index contributed by atoms with van der Waals surface area (Å²) in [7, 11) is -3.85. The third kappa shape index (κ3) is 5.19. The van der Waals surface area contributed by atoms with E-state index in [2.05, 4.69) is 14.9 Å². The molecule has 0 atom stereocenters.